The SMILES string of the molecule is CCCN(CC(=O)O)C(=O)c1c(C)cc(C)c([N+](=O)[O-])c1C. The van der Waals surface area contributed by atoms with Crippen molar-refractivity contribution < 1.29 is 19.6 Å². The molecule has 0 atom stereocenters. The van der Waals surface area contributed by atoms with Gasteiger partial charge in [0.15, 0.2) is 0 Å². The van der Waals surface area contributed by atoms with Gasteiger partial charge in [-0.3, -0.25) is 19.7 Å². The first-order chi connectivity index (χ1) is 10.2. The van der Waals surface area contributed by atoms with Crippen LogP contribution in [0, 0.1) is 30.9 Å². The van der Waals surface area contributed by atoms with E-state index < -0.39 is 23.3 Å². The van der Waals surface area contributed by atoms with Crippen LogP contribution in [-0.4, -0.2) is 39.9 Å². The maximum absolute atomic E-state index is 12.6. The van der Waals surface area contributed by atoms with Crippen LogP contribution in [-0.2, 0) is 4.79 Å². The molecule has 1 N–H and O–H groups in total. The lowest BCUT2D eigenvalue weighted by Crippen LogP contribution is -2.37. The molecule has 0 heterocycles. The quantitative estimate of drug-likeness (QED) is 0.642. The molecule has 0 fully saturated rings. The predicted molar refractivity (Wildman–Crippen MR) is 81.1 cm³/mol. The number of nitrogens with zero attached hydrogens (tertiary/aromatic N) is 2. The topological polar surface area (TPSA) is 101 Å². The number of benzene rings is 1. The van der Waals surface area contributed by atoms with E-state index in [1.165, 1.54) is 11.8 Å². The maximum Gasteiger partial charge on any atom is 0.323 e. The predicted octanol–water partition coefficient (Wildman–Crippen LogP) is 2.46. The lowest BCUT2D eigenvalue weighted by Gasteiger charge is -2.22. The first-order valence-corrected chi connectivity index (χ1v) is 6.96. The van der Waals surface area contributed by atoms with Crippen LogP contribution in [0.3, 0.4) is 0 Å². The van der Waals surface area contributed by atoms with Crippen molar-refractivity contribution in [1.82, 2.24) is 4.90 Å². The minimum atomic E-state index is -1.11. The van der Waals surface area contributed by atoms with E-state index in [0.29, 0.717) is 17.5 Å². The number of nitro benzene ring substituents is 1. The van der Waals surface area contributed by atoms with Crippen molar-refractivity contribution in [2.45, 2.75) is 34.1 Å². The van der Waals surface area contributed by atoms with Crippen molar-refractivity contribution >= 4 is 17.6 Å². The van der Waals surface area contributed by atoms with E-state index >= 15 is 0 Å². The summed E-state index contributed by atoms with van der Waals surface area (Å²) in [5.74, 6) is -1.60. The molecule has 0 unspecified atom stereocenters. The molecule has 22 heavy (non-hydrogen) atoms. The van der Waals surface area contributed by atoms with E-state index in [1.54, 1.807) is 19.9 Å². The molecule has 0 saturated heterocycles. The molecule has 7 heteroatoms. The van der Waals surface area contributed by atoms with E-state index in [0.717, 1.165) is 0 Å². The molecule has 0 aliphatic rings. The summed E-state index contributed by atoms with van der Waals surface area (Å²) in [6, 6.07) is 1.59. The van der Waals surface area contributed by atoms with Crippen LogP contribution < -0.4 is 0 Å². The summed E-state index contributed by atoms with van der Waals surface area (Å²) in [7, 11) is 0. The fraction of sp³-hybridized carbons (Fsp3) is 0.467. The summed E-state index contributed by atoms with van der Waals surface area (Å²) in [5.41, 5.74) is 1.49. The molecule has 1 amide bonds. The Kier molecular flexibility index (Phi) is 5.62. The van der Waals surface area contributed by atoms with Crippen LogP contribution in [0.2, 0.25) is 0 Å². The molecular weight excluding hydrogens is 288 g/mol. The van der Waals surface area contributed by atoms with Gasteiger partial charge < -0.3 is 10.0 Å². The fourth-order valence-corrected chi connectivity index (χ4v) is 2.63. The standard InChI is InChI=1S/C15H20N2O5/c1-5-6-16(8-12(18)19)15(20)13-9(2)7-10(3)14(11(13)4)17(21)22/h7H,5-6,8H2,1-4H3,(H,18,19). The molecule has 0 radical (unpaired) electrons. The first-order valence-electron chi connectivity index (χ1n) is 6.96. The normalized spacial score (nSPS) is 10.4. The average Bonchev–Trinajstić information content (AvgIpc) is 2.36. The third-order valence-electron chi connectivity index (χ3n) is 3.43. The Balaban J connectivity index is 3.40. The lowest BCUT2D eigenvalue weighted by molar-refractivity contribution is -0.386. The van der Waals surface area contributed by atoms with E-state index in [4.69, 9.17) is 5.11 Å². The van der Waals surface area contributed by atoms with Crippen molar-refractivity contribution in [2.24, 2.45) is 0 Å². The van der Waals surface area contributed by atoms with Gasteiger partial charge in [-0.15, -0.1) is 0 Å². The summed E-state index contributed by atoms with van der Waals surface area (Å²) >= 11 is 0. The van der Waals surface area contributed by atoms with Crippen LogP contribution >= 0.6 is 0 Å². The van der Waals surface area contributed by atoms with Gasteiger partial charge in [0, 0.05) is 17.7 Å². The van der Waals surface area contributed by atoms with Crippen molar-refractivity contribution in [3.63, 3.8) is 0 Å². The molecule has 0 aliphatic heterocycles. The second-order valence-electron chi connectivity index (χ2n) is 5.24. The first kappa shape index (κ1) is 17.6. The number of rotatable bonds is 6. The largest absolute Gasteiger partial charge is 0.480 e. The third kappa shape index (κ3) is 3.60. The molecule has 0 aromatic heterocycles. The number of carbonyl (C=O) groups excluding carboxylic acids is 1. The Hall–Kier alpha value is -2.44. The van der Waals surface area contributed by atoms with Crippen LogP contribution in [0.25, 0.3) is 0 Å². The van der Waals surface area contributed by atoms with Crippen LogP contribution in [0.1, 0.15) is 40.4 Å². The molecule has 0 aliphatic carbocycles. The van der Waals surface area contributed by atoms with Crippen molar-refractivity contribution in [1.29, 1.82) is 0 Å². The zero-order valence-electron chi connectivity index (χ0n) is 13.2. The van der Waals surface area contributed by atoms with Crippen LogP contribution in [0.15, 0.2) is 6.07 Å². The summed E-state index contributed by atoms with van der Waals surface area (Å²) in [6.07, 6.45) is 0.602. The second kappa shape index (κ2) is 7.02. The number of aryl methyl sites for hydroxylation is 2. The van der Waals surface area contributed by atoms with Gasteiger partial charge >= 0.3 is 5.97 Å². The van der Waals surface area contributed by atoms with Crippen molar-refractivity contribution in [3.8, 4) is 0 Å². The van der Waals surface area contributed by atoms with Gasteiger partial charge in [-0.05, 0) is 38.8 Å². The van der Waals surface area contributed by atoms with Gasteiger partial charge in [0.25, 0.3) is 11.6 Å². The van der Waals surface area contributed by atoms with Crippen molar-refractivity contribution in [3.05, 3.63) is 38.4 Å². The highest BCUT2D eigenvalue weighted by Crippen LogP contribution is 2.29. The molecule has 120 valence electrons. The summed E-state index contributed by atoms with van der Waals surface area (Å²) < 4.78 is 0. The smallest absolute Gasteiger partial charge is 0.323 e. The molecule has 0 spiro atoms. The number of carboxylic acids is 1. The Bertz CT molecular complexity index is 625. The highest BCUT2D eigenvalue weighted by molar-refractivity contribution is 5.99. The Morgan fingerprint density at radius 2 is 1.86 bits per heavy atom. The number of hydrogen-bond donors (Lipinski definition) is 1. The van der Waals surface area contributed by atoms with Gasteiger partial charge in [0.05, 0.1) is 10.5 Å². The number of hydrogen-bond acceptors (Lipinski definition) is 4. The molecule has 7 nitrogen and oxygen atoms in total. The van der Waals surface area contributed by atoms with Crippen LogP contribution in [0.4, 0.5) is 5.69 Å². The van der Waals surface area contributed by atoms with Crippen molar-refractivity contribution in [2.75, 3.05) is 13.1 Å². The van der Waals surface area contributed by atoms with E-state index in [9.17, 15) is 19.7 Å². The van der Waals surface area contributed by atoms with E-state index in [-0.39, 0.29) is 23.4 Å². The third-order valence-corrected chi connectivity index (χ3v) is 3.43. The molecule has 1 aromatic carbocycles. The summed E-state index contributed by atoms with van der Waals surface area (Å²) in [5, 5.41) is 20.1. The average molecular weight is 308 g/mol. The van der Waals surface area contributed by atoms with Gasteiger partial charge in [-0.2, -0.15) is 0 Å². The minimum Gasteiger partial charge on any atom is -0.480 e. The number of carbonyl (C=O) groups is 2. The Labute approximate surface area is 128 Å². The van der Waals surface area contributed by atoms with E-state index in [1.807, 2.05) is 6.92 Å². The molecule has 0 bridgehead atoms. The summed E-state index contributed by atoms with van der Waals surface area (Å²) in [6.45, 7) is 6.53. The van der Waals surface area contributed by atoms with Crippen LogP contribution in [0.5, 0.6) is 0 Å². The monoisotopic (exact) mass is 308 g/mol. The van der Waals surface area contributed by atoms with E-state index in [2.05, 4.69) is 0 Å². The van der Waals surface area contributed by atoms with Gasteiger partial charge in [0.1, 0.15) is 6.54 Å². The molecular formula is C15H20N2O5. The fourth-order valence-electron chi connectivity index (χ4n) is 2.63. The zero-order chi connectivity index (χ0) is 17.0. The highest BCUT2D eigenvalue weighted by Gasteiger charge is 2.27. The number of amides is 1. The maximum atomic E-state index is 12.6. The number of nitro groups is 1. The Morgan fingerprint density at radius 3 is 2.32 bits per heavy atom. The second-order valence-corrected chi connectivity index (χ2v) is 5.24. The van der Waals surface area contributed by atoms with Gasteiger partial charge in [-0.1, -0.05) is 6.92 Å². The number of aliphatic carboxylic acids is 1. The molecule has 0 saturated carbocycles. The molecule has 1 aromatic rings. The minimum absolute atomic E-state index is 0.0966. The summed E-state index contributed by atoms with van der Waals surface area (Å²) in [4.78, 5) is 35.4. The van der Waals surface area contributed by atoms with Gasteiger partial charge in [0.2, 0.25) is 0 Å². The Morgan fingerprint density at radius 1 is 1.27 bits per heavy atom. The highest BCUT2D eigenvalue weighted by atomic mass is 16.6. The lowest BCUT2D eigenvalue weighted by atomic mass is 9.96. The van der Waals surface area contributed by atoms with Gasteiger partial charge in [-0.25, -0.2) is 0 Å². The molecule has 1 rings (SSSR count). The number of carboxylic acid groups (broad SMARTS) is 1. The zero-order valence-corrected chi connectivity index (χ0v) is 13.2.